The fraction of sp³-hybridized carbons (Fsp3) is 0.222. The van der Waals surface area contributed by atoms with E-state index in [0.29, 0.717) is 15.9 Å². The van der Waals surface area contributed by atoms with Crippen LogP contribution in [0, 0.1) is 10.5 Å². The number of benzene rings is 2. The number of phenolic OH excluding ortho intramolecular Hbond substituents is 1. The van der Waals surface area contributed by atoms with Crippen molar-refractivity contribution in [3.8, 4) is 11.5 Å². The van der Waals surface area contributed by atoms with Crippen LogP contribution in [0.3, 0.4) is 0 Å². The first-order valence-corrected chi connectivity index (χ1v) is 8.85. The van der Waals surface area contributed by atoms with Gasteiger partial charge in [0, 0.05) is 5.69 Å². The summed E-state index contributed by atoms with van der Waals surface area (Å²) in [5, 5.41) is 16.9. The Labute approximate surface area is 160 Å². The average Bonchev–Trinajstić information content (AvgIpc) is 2.58. The van der Waals surface area contributed by atoms with Crippen molar-refractivity contribution in [1.82, 2.24) is 5.43 Å². The second-order valence-electron chi connectivity index (χ2n) is 5.30. The summed E-state index contributed by atoms with van der Waals surface area (Å²) in [6.45, 7) is 4.41. The molecule has 0 heterocycles. The van der Waals surface area contributed by atoms with Crippen LogP contribution in [-0.2, 0) is 4.79 Å². The van der Waals surface area contributed by atoms with Crippen molar-refractivity contribution >= 4 is 40.4 Å². The van der Waals surface area contributed by atoms with E-state index < -0.39 is 0 Å². The van der Waals surface area contributed by atoms with Gasteiger partial charge in [0.05, 0.1) is 22.9 Å². The van der Waals surface area contributed by atoms with Gasteiger partial charge in [0.25, 0.3) is 5.91 Å². The highest BCUT2D eigenvalue weighted by atomic mass is 127. The predicted molar refractivity (Wildman–Crippen MR) is 107 cm³/mol. The lowest BCUT2D eigenvalue weighted by Gasteiger charge is -2.08. The fourth-order valence-electron chi connectivity index (χ4n) is 2.09. The van der Waals surface area contributed by atoms with Crippen molar-refractivity contribution in [3.63, 3.8) is 0 Å². The largest absolute Gasteiger partial charge is 0.504 e. The second-order valence-corrected chi connectivity index (χ2v) is 6.46. The van der Waals surface area contributed by atoms with Crippen LogP contribution in [0.1, 0.15) is 18.1 Å². The van der Waals surface area contributed by atoms with Crippen molar-refractivity contribution in [2.75, 3.05) is 18.5 Å². The number of nitrogens with zero attached hydrogens (tertiary/aromatic N) is 1. The third kappa shape index (κ3) is 5.93. The molecule has 2 rings (SSSR count). The van der Waals surface area contributed by atoms with Crippen molar-refractivity contribution in [3.05, 3.63) is 51.1 Å². The summed E-state index contributed by atoms with van der Waals surface area (Å²) < 4.78 is 6.02. The van der Waals surface area contributed by atoms with E-state index in [9.17, 15) is 9.90 Å². The molecule has 6 nitrogen and oxygen atoms in total. The molecule has 0 unspecified atom stereocenters. The van der Waals surface area contributed by atoms with Crippen LogP contribution in [0.15, 0.2) is 41.5 Å². The average molecular weight is 453 g/mol. The van der Waals surface area contributed by atoms with Crippen LogP contribution in [-0.4, -0.2) is 30.4 Å². The highest BCUT2D eigenvalue weighted by Gasteiger charge is 2.08. The monoisotopic (exact) mass is 453 g/mol. The van der Waals surface area contributed by atoms with Crippen molar-refractivity contribution in [1.29, 1.82) is 0 Å². The second kappa shape index (κ2) is 9.26. The van der Waals surface area contributed by atoms with Gasteiger partial charge in [0.1, 0.15) is 0 Å². The molecule has 2 aromatic carbocycles. The summed E-state index contributed by atoms with van der Waals surface area (Å²) in [7, 11) is 0. The summed E-state index contributed by atoms with van der Waals surface area (Å²) in [6.07, 6.45) is 1.51. The standard InChI is InChI=1S/C18H20IN3O3/c1-3-25-16-9-13(8-15(19)18(16)24)10-21-22-17(23)11-20-14-6-4-5-12(2)7-14/h4-10,20,24H,3,11H2,1-2H3,(H,22,23). The Morgan fingerprint density at radius 3 is 2.88 bits per heavy atom. The molecule has 0 aromatic heterocycles. The van der Waals surface area contributed by atoms with E-state index in [1.165, 1.54) is 6.21 Å². The van der Waals surface area contributed by atoms with Crippen molar-refractivity contribution in [2.45, 2.75) is 13.8 Å². The minimum atomic E-state index is -0.253. The number of nitrogens with one attached hydrogen (secondary N) is 2. The lowest BCUT2D eigenvalue weighted by molar-refractivity contribution is -0.119. The molecule has 7 heteroatoms. The van der Waals surface area contributed by atoms with E-state index in [2.05, 4.69) is 15.8 Å². The number of halogens is 1. The summed E-state index contributed by atoms with van der Waals surface area (Å²) in [5.74, 6) is 0.241. The number of hydrazone groups is 1. The minimum Gasteiger partial charge on any atom is -0.504 e. The first-order chi connectivity index (χ1) is 12.0. The smallest absolute Gasteiger partial charge is 0.259 e. The molecule has 0 aliphatic carbocycles. The number of carbonyl (C=O) groups excluding carboxylic acids is 1. The first kappa shape index (κ1) is 19.0. The maximum Gasteiger partial charge on any atom is 0.259 e. The third-order valence-corrected chi connectivity index (χ3v) is 4.05. The molecule has 132 valence electrons. The molecule has 0 atom stereocenters. The number of hydrogen-bond donors (Lipinski definition) is 3. The number of anilines is 1. The number of hydrogen-bond acceptors (Lipinski definition) is 5. The molecule has 0 aliphatic heterocycles. The summed E-state index contributed by atoms with van der Waals surface area (Å²) in [4.78, 5) is 11.8. The zero-order valence-corrected chi connectivity index (χ0v) is 16.2. The van der Waals surface area contributed by atoms with Gasteiger partial charge >= 0.3 is 0 Å². The third-order valence-electron chi connectivity index (χ3n) is 3.22. The van der Waals surface area contributed by atoms with Gasteiger partial charge in [-0.05, 0) is 71.8 Å². The van der Waals surface area contributed by atoms with E-state index in [1.807, 2.05) is 60.7 Å². The normalized spacial score (nSPS) is 10.7. The Morgan fingerprint density at radius 1 is 1.36 bits per heavy atom. The van der Waals surface area contributed by atoms with Gasteiger partial charge in [0.2, 0.25) is 0 Å². The Morgan fingerprint density at radius 2 is 2.16 bits per heavy atom. The van der Waals surface area contributed by atoms with E-state index in [-0.39, 0.29) is 18.2 Å². The zero-order valence-electron chi connectivity index (χ0n) is 14.0. The molecule has 1 amide bonds. The van der Waals surface area contributed by atoms with Crippen LogP contribution in [0.2, 0.25) is 0 Å². The lowest BCUT2D eigenvalue weighted by atomic mass is 10.2. The highest BCUT2D eigenvalue weighted by Crippen LogP contribution is 2.32. The molecular weight excluding hydrogens is 433 g/mol. The van der Waals surface area contributed by atoms with Gasteiger partial charge < -0.3 is 15.2 Å². The van der Waals surface area contributed by atoms with Crippen LogP contribution in [0.5, 0.6) is 11.5 Å². The maximum atomic E-state index is 11.8. The summed E-state index contributed by atoms with van der Waals surface area (Å²) >= 11 is 2.01. The molecule has 0 radical (unpaired) electrons. The van der Waals surface area contributed by atoms with Crippen LogP contribution >= 0.6 is 22.6 Å². The highest BCUT2D eigenvalue weighted by molar-refractivity contribution is 14.1. The number of aromatic hydroxyl groups is 1. The molecule has 25 heavy (non-hydrogen) atoms. The topological polar surface area (TPSA) is 83.0 Å². The Kier molecular flexibility index (Phi) is 7.05. The summed E-state index contributed by atoms with van der Waals surface area (Å²) in [5.41, 5.74) is 5.19. The van der Waals surface area contributed by atoms with Gasteiger partial charge in [-0.2, -0.15) is 5.10 Å². The minimum absolute atomic E-state index is 0.103. The predicted octanol–water partition coefficient (Wildman–Crippen LogP) is 3.27. The molecule has 0 spiro atoms. The number of rotatable bonds is 7. The van der Waals surface area contributed by atoms with E-state index >= 15 is 0 Å². The van der Waals surface area contributed by atoms with E-state index in [4.69, 9.17) is 4.74 Å². The van der Waals surface area contributed by atoms with Gasteiger partial charge in [-0.3, -0.25) is 4.79 Å². The fourth-order valence-corrected chi connectivity index (χ4v) is 2.71. The Bertz CT molecular complexity index is 778. The van der Waals surface area contributed by atoms with Crippen LogP contribution in [0.25, 0.3) is 0 Å². The molecule has 0 bridgehead atoms. The Balaban J connectivity index is 1.90. The number of ether oxygens (including phenoxy) is 1. The maximum absolute atomic E-state index is 11.8. The van der Waals surface area contributed by atoms with Crippen molar-refractivity contribution < 1.29 is 14.6 Å². The number of carbonyl (C=O) groups is 1. The molecule has 2 aromatic rings. The van der Waals surface area contributed by atoms with Crippen LogP contribution < -0.4 is 15.5 Å². The van der Waals surface area contributed by atoms with Gasteiger partial charge in [0.15, 0.2) is 11.5 Å². The van der Waals surface area contributed by atoms with Gasteiger partial charge in [-0.25, -0.2) is 5.43 Å². The van der Waals surface area contributed by atoms with Gasteiger partial charge in [-0.1, -0.05) is 12.1 Å². The zero-order chi connectivity index (χ0) is 18.2. The molecule has 0 saturated heterocycles. The molecule has 3 N–H and O–H groups in total. The Hall–Kier alpha value is -2.29. The number of aryl methyl sites for hydroxylation is 1. The molecule has 0 aliphatic rings. The van der Waals surface area contributed by atoms with Crippen LogP contribution in [0.4, 0.5) is 5.69 Å². The quantitative estimate of drug-likeness (QED) is 0.342. The van der Waals surface area contributed by atoms with E-state index in [0.717, 1.165) is 16.8 Å². The van der Waals surface area contributed by atoms with Gasteiger partial charge in [-0.15, -0.1) is 0 Å². The van der Waals surface area contributed by atoms with E-state index in [1.54, 1.807) is 12.1 Å². The van der Waals surface area contributed by atoms with Crippen molar-refractivity contribution in [2.24, 2.45) is 5.10 Å². The SMILES string of the molecule is CCOc1cc(C=NNC(=O)CNc2cccc(C)c2)cc(I)c1O. The molecular formula is C18H20IN3O3. The lowest BCUT2D eigenvalue weighted by Crippen LogP contribution is -2.25. The summed E-state index contributed by atoms with van der Waals surface area (Å²) in [6, 6.07) is 11.2. The first-order valence-electron chi connectivity index (χ1n) is 7.77. The number of phenols is 1. The molecule has 0 saturated carbocycles. The number of amides is 1. The molecule has 0 fully saturated rings.